The monoisotopic (exact) mass is 416 g/mol. The molecule has 2 fully saturated rings. The lowest BCUT2D eigenvalue weighted by Gasteiger charge is -2.33. The predicted molar refractivity (Wildman–Crippen MR) is 119 cm³/mol. The van der Waals surface area contributed by atoms with Gasteiger partial charge in [0.25, 0.3) is 0 Å². The topological polar surface area (TPSA) is 102 Å². The van der Waals surface area contributed by atoms with Crippen LogP contribution < -0.4 is 16.2 Å². The van der Waals surface area contributed by atoms with Crippen molar-refractivity contribution >= 4 is 17.0 Å². The SMILES string of the molecule is CCCCOc1nc(N)c2[nH]c(=O)n(CCC3CCN(CC4CCCC4)CC3)c2n1. The van der Waals surface area contributed by atoms with E-state index in [0.717, 1.165) is 25.2 Å². The van der Waals surface area contributed by atoms with Gasteiger partial charge in [-0.1, -0.05) is 26.2 Å². The molecule has 0 radical (unpaired) electrons. The van der Waals surface area contributed by atoms with Crippen molar-refractivity contribution < 1.29 is 4.74 Å². The number of rotatable bonds is 9. The molecule has 0 aromatic carbocycles. The Hall–Kier alpha value is -2.09. The Balaban J connectivity index is 1.35. The van der Waals surface area contributed by atoms with Crippen molar-refractivity contribution in [2.45, 2.75) is 71.3 Å². The summed E-state index contributed by atoms with van der Waals surface area (Å²) in [6.07, 6.45) is 11.0. The van der Waals surface area contributed by atoms with Crippen LogP contribution in [0, 0.1) is 11.8 Å². The van der Waals surface area contributed by atoms with Crippen LogP contribution in [0.5, 0.6) is 6.01 Å². The number of unbranched alkanes of at least 4 members (excludes halogenated alkanes) is 1. The third-order valence-electron chi connectivity index (χ3n) is 6.82. The van der Waals surface area contributed by atoms with Gasteiger partial charge in [0.15, 0.2) is 11.5 Å². The van der Waals surface area contributed by atoms with Gasteiger partial charge in [-0.25, -0.2) is 4.79 Å². The zero-order valence-corrected chi connectivity index (χ0v) is 18.2. The summed E-state index contributed by atoms with van der Waals surface area (Å²) in [5, 5.41) is 0. The Labute approximate surface area is 178 Å². The van der Waals surface area contributed by atoms with Gasteiger partial charge in [-0.3, -0.25) is 4.57 Å². The second-order valence-corrected chi connectivity index (χ2v) is 9.06. The number of hydrogen-bond donors (Lipinski definition) is 2. The number of aromatic nitrogens is 4. The minimum atomic E-state index is -0.171. The number of likely N-dealkylation sites (tertiary alicyclic amines) is 1. The van der Waals surface area contributed by atoms with Crippen molar-refractivity contribution in [2.24, 2.45) is 11.8 Å². The molecule has 2 aromatic heterocycles. The van der Waals surface area contributed by atoms with Crippen LogP contribution in [0.2, 0.25) is 0 Å². The first-order chi connectivity index (χ1) is 14.6. The highest BCUT2D eigenvalue weighted by Crippen LogP contribution is 2.28. The van der Waals surface area contributed by atoms with Crippen molar-refractivity contribution in [3.63, 3.8) is 0 Å². The summed E-state index contributed by atoms with van der Waals surface area (Å²) in [6, 6.07) is 0.251. The number of nitrogens with zero attached hydrogens (tertiary/aromatic N) is 4. The molecule has 0 atom stereocenters. The largest absolute Gasteiger partial charge is 0.463 e. The Morgan fingerprint density at radius 1 is 1.13 bits per heavy atom. The van der Waals surface area contributed by atoms with E-state index in [1.165, 1.54) is 58.2 Å². The van der Waals surface area contributed by atoms with Crippen LogP contribution in [-0.4, -0.2) is 50.7 Å². The van der Waals surface area contributed by atoms with Gasteiger partial charge in [-0.15, -0.1) is 0 Å². The van der Waals surface area contributed by atoms with Crippen LogP contribution in [-0.2, 0) is 6.54 Å². The van der Waals surface area contributed by atoms with E-state index < -0.39 is 0 Å². The molecule has 8 heteroatoms. The third kappa shape index (κ3) is 4.96. The molecule has 0 bridgehead atoms. The van der Waals surface area contributed by atoms with Crippen molar-refractivity contribution in [3.05, 3.63) is 10.5 Å². The number of aromatic amines is 1. The molecule has 2 aromatic rings. The molecule has 0 amide bonds. The summed E-state index contributed by atoms with van der Waals surface area (Å²) >= 11 is 0. The summed E-state index contributed by atoms with van der Waals surface area (Å²) in [7, 11) is 0. The molecule has 30 heavy (non-hydrogen) atoms. The van der Waals surface area contributed by atoms with Gasteiger partial charge in [-0.2, -0.15) is 9.97 Å². The highest BCUT2D eigenvalue weighted by molar-refractivity contribution is 5.81. The lowest BCUT2D eigenvalue weighted by molar-refractivity contribution is 0.154. The standard InChI is InChI=1S/C22H36N6O2/c1-2-3-14-30-21-25-19(23)18-20(26-21)28(22(29)24-18)13-10-16-8-11-27(12-9-16)15-17-6-4-5-7-17/h16-17H,2-15H2,1H3,(H,24,29)(H2,23,25,26). The van der Waals surface area contributed by atoms with Gasteiger partial charge >= 0.3 is 11.7 Å². The second kappa shape index (κ2) is 9.81. The number of imidazole rings is 1. The molecule has 0 spiro atoms. The Bertz CT molecular complexity index is 878. The van der Waals surface area contributed by atoms with E-state index in [0.29, 0.717) is 30.2 Å². The van der Waals surface area contributed by atoms with Gasteiger partial charge in [0.1, 0.15) is 5.52 Å². The lowest BCUT2D eigenvalue weighted by atomic mass is 9.92. The molecule has 4 rings (SSSR count). The third-order valence-corrected chi connectivity index (χ3v) is 6.82. The van der Waals surface area contributed by atoms with Gasteiger partial charge in [-0.05, 0) is 63.5 Å². The van der Waals surface area contributed by atoms with Crippen LogP contribution in [0.25, 0.3) is 11.2 Å². The highest BCUT2D eigenvalue weighted by atomic mass is 16.5. The van der Waals surface area contributed by atoms with Gasteiger partial charge < -0.3 is 20.4 Å². The zero-order valence-electron chi connectivity index (χ0n) is 18.2. The van der Waals surface area contributed by atoms with Crippen LogP contribution in [0.1, 0.15) is 64.7 Å². The Morgan fingerprint density at radius 2 is 1.90 bits per heavy atom. The number of hydrogen-bond acceptors (Lipinski definition) is 6. The van der Waals surface area contributed by atoms with E-state index in [4.69, 9.17) is 10.5 Å². The highest BCUT2D eigenvalue weighted by Gasteiger charge is 2.24. The average molecular weight is 417 g/mol. The van der Waals surface area contributed by atoms with Gasteiger partial charge in [0, 0.05) is 13.1 Å². The fourth-order valence-corrected chi connectivity index (χ4v) is 4.94. The van der Waals surface area contributed by atoms with E-state index >= 15 is 0 Å². The molecule has 0 unspecified atom stereocenters. The number of piperidine rings is 1. The first-order valence-corrected chi connectivity index (χ1v) is 11.7. The first kappa shape index (κ1) is 21.2. The minimum absolute atomic E-state index is 0.171. The molecule has 3 N–H and O–H groups in total. The van der Waals surface area contributed by atoms with E-state index in [9.17, 15) is 4.79 Å². The minimum Gasteiger partial charge on any atom is -0.463 e. The first-order valence-electron chi connectivity index (χ1n) is 11.7. The fourth-order valence-electron chi connectivity index (χ4n) is 4.94. The fraction of sp³-hybridized carbons (Fsp3) is 0.773. The molecule has 1 saturated carbocycles. The van der Waals surface area contributed by atoms with E-state index in [1.807, 2.05) is 0 Å². The average Bonchev–Trinajstić information content (AvgIpc) is 3.36. The van der Waals surface area contributed by atoms with E-state index in [-0.39, 0.29) is 17.5 Å². The molecule has 8 nitrogen and oxygen atoms in total. The number of nitrogens with two attached hydrogens (primary N) is 1. The van der Waals surface area contributed by atoms with Crippen LogP contribution >= 0.6 is 0 Å². The Kier molecular flexibility index (Phi) is 6.92. The van der Waals surface area contributed by atoms with E-state index in [1.54, 1.807) is 4.57 Å². The van der Waals surface area contributed by atoms with Crippen molar-refractivity contribution in [2.75, 3.05) is 32.0 Å². The molecule has 3 heterocycles. The van der Waals surface area contributed by atoms with Crippen molar-refractivity contribution in [1.82, 2.24) is 24.4 Å². The number of nitrogens with one attached hydrogen (secondary N) is 1. The Morgan fingerprint density at radius 3 is 2.63 bits per heavy atom. The summed E-state index contributed by atoms with van der Waals surface area (Å²) in [5.41, 5.74) is 6.94. The number of ether oxygens (including phenoxy) is 1. The number of H-pyrrole nitrogens is 1. The normalized spacial score (nSPS) is 19.1. The van der Waals surface area contributed by atoms with E-state index in [2.05, 4.69) is 26.8 Å². The van der Waals surface area contributed by atoms with Crippen LogP contribution in [0.4, 0.5) is 5.82 Å². The van der Waals surface area contributed by atoms with Crippen LogP contribution in [0.15, 0.2) is 4.79 Å². The maximum absolute atomic E-state index is 12.5. The van der Waals surface area contributed by atoms with Crippen molar-refractivity contribution in [1.29, 1.82) is 0 Å². The predicted octanol–water partition coefficient (Wildman–Crippen LogP) is 3.17. The molecule has 1 saturated heterocycles. The number of fused-ring (bicyclic) bond motifs is 1. The maximum atomic E-state index is 12.5. The molecule has 1 aliphatic carbocycles. The maximum Gasteiger partial charge on any atom is 0.327 e. The van der Waals surface area contributed by atoms with Gasteiger partial charge in [0.2, 0.25) is 0 Å². The smallest absolute Gasteiger partial charge is 0.327 e. The summed E-state index contributed by atoms with van der Waals surface area (Å²) in [4.78, 5) is 26.6. The molecule has 166 valence electrons. The number of anilines is 1. The summed E-state index contributed by atoms with van der Waals surface area (Å²) in [5.74, 6) is 1.84. The van der Waals surface area contributed by atoms with Crippen LogP contribution in [0.3, 0.4) is 0 Å². The molecule has 1 aliphatic heterocycles. The quantitative estimate of drug-likeness (QED) is 0.609. The lowest BCUT2D eigenvalue weighted by Crippen LogP contribution is -2.37. The molecular formula is C22H36N6O2. The summed E-state index contributed by atoms with van der Waals surface area (Å²) in [6.45, 7) is 6.96. The zero-order chi connectivity index (χ0) is 20.9. The molecule has 2 aliphatic rings. The van der Waals surface area contributed by atoms with Gasteiger partial charge in [0.05, 0.1) is 6.61 Å². The summed E-state index contributed by atoms with van der Waals surface area (Å²) < 4.78 is 7.32. The number of nitrogen functional groups attached to an aromatic ring is 1. The van der Waals surface area contributed by atoms with Crippen molar-refractivity contribution in [3.8, 4) is 6.01 Å². The molecular weight excluding hydrogens is 380 g/mol. The number of aryl methyl sites for hydroxylation is 1. The second-order valence-electron chi connectivity index (χ2n) is 9.06.